The molecule has 2 fully saturated rings. The Labute approximate surface area is 134 Å². The minimum absolute atomic E-state index is 0. The molecule has 2 aliphatic rings. The molecule has 2 saturated heterocycles. The quantitative estimate of drug-likeness (QED) is 0.374. The van der Waals surface area contributed by atoms with Gasteiger partial charge in [0.25, 0.3) is 0 Å². The first kappa shape index (κ1) is 15.4. The Morgan fingerprint density at radius 3 is 2.88 bits per heavy atom. The van der Waals surface area contributed by atoms with Gasteiger partial charge in [0.1, 0.15) is 0 Å². The van der Waals surface area contributed by atoms with Crippen LogP contribution in [0.25, 0.3) is 0 Å². The van der Waals surface area contributed by atoms with Crippen LogP contribution in [0.15, 0.2) is 0 Å². The van der Waals surface area contributed by atoms with E-state index < -0.39 is 5.97 Å². The third kappa shape index (κ3) is 4.19. The van der Waals surface area contributed by atoms with Crippen LogP contribution in [0.5, 0.6) is 0 Å². The minimum atomic E-state index is -0.729. The zero-order valence-corrected chi connectivity index (χ0v) is 9.76. The number of thioether (sulfide) groups is 1. The normalized spacial score (nSPS) is 30.1. The Balaban J connectivity index is 0.00000144. The summed E-state index contributed by atoms with van der Waals surface area (Å²) in [5.74, 6) is 0.236. The Hall–Kier alpha value is 0.350. The maximum absolute atomic E-state index is 11.1. The second kappa shape index (κ2) is 7.07. The Morgan fingerprint density at radius 2 is 2.18 bits per heavy atom. The fourth-order valence-corrected chi connectivity index (χ4v) is 3.81. The number of carboxylic acid groups (broad SMARTS) is 1. The molecule has 3 atom stereocenters. The van der Waals surface area contributed by atoms with E-state index in [1.165, 1.54) is 0 Å². The molecule has 2 rings (SSSR count). The van der Waals surface area contributed by atoms with Crippen molar-refractivity contribution in [1.29, 1.82) is 0 Å². The fraction of sp³-hybridized carbons (Fsp3) is 0.800. The van der Waals surface area contributed by atoms with Crippen molar-refractivity contribution in [3.05, 3.63) is 0 Å². The summed E-state index contributed by atoms with van der Waals surface area (Å²) in [7, 11) is 0. The van der Waals surface area contributed by atoms with Crippen molar-refractivity contribution in [3.8, 4) is 0 Å². The SMILES string of the molecule is O=C(O)CCCC[C@@H]1SC[C@@H]2NC(=O)N[C@@H]21.[CaH2]. The Kier molecular flexibility index (Phi) is 6.40. The monoisotopic (exact) mass is 286 g/mol. The summed E-state index contributed by atoms with van der Waals surface area (Å²) in [4.78, 5) is 21.5. The van der Waals surface area contributed by atoms with E-state index in [1.807, 2.05) is 11.8 Å². The van der Waals surface area contributed by atoms with Crippen LogP contribution in [-0.2, 0) is 4.79 Å². The van der Waals surface area contributed by atoms with Crippen LogP contribution in [-0.4, -0.2) is 77.9 Å². The van der Waals surface area contributed by atoms with E-state index in [1.54, 1.807) is 0 Å². The standard InChI is InChI=1S/C10H16N2O3S.Ca.2H/c13-8(14)4-2-1-3-7-9-6(5-16-7)11-10(15)12-9;;;/h6-7,9H,1-5H2,(H,13,14)(H2,11,12,15);;;/t6-,7-,9-;;;/m0.../s1. The average Bonchev–Trinajstić information content (AvgIpc) is 2.72. The number of rotatable bonds is 5. The Morgan fingerprint density at radius 1 is 1.41 bits per heavy atom. The van der Waals surface area contributed by atoms with Gasteiger partial charge in [0.2, 0.25) is 0 Å². The van der Waals surface area contributed by atoms with Gasteiger partial charge in [-0.1, -0.05) is 6.42 Å². The van der Waals surface area contributed by atoms with Crippen molar-refractivity contribution in [3.63, 3.8) is 0 Å². The summed E-state index contributed by atoms with van der Waals surface area (Å²) in [6, 6.07) is 0.440. The first-order valence-corrected chi connectivity index (χ1v) is 6.62. The van der Waals surface area contributed by atoms with E-state index in [0.29, 0.717) is 5.25 Å². The summed E-state index contributed by atoms with van der Waals surface area (Å²) in [5, 5.41) is 14.8. The van der Waals surface area contributed by atoms with E-state index in [0.717, 1.165) is 25.0 Å². The number of fused-ring (bicyclic) bond motifs is 1. The molecule has 5 nitrogen and oxygen atoms in total. The van der Waals surface area contributed by atoms with Crippen molar-refractivity contribution in [2.75, 3.05) is 5.75 Å². The van der Waals surface area contributed by atoms with Gasteiger partial charge in [0.15, 0.2) is 0 Å². The molecule has 0 radical (unpaired) electrons. The molecule has 0 saturated carbocycles. The summed E-state index contributed by atoms with van der Waals surface area (Å²) in [6.07, 6.45) is 2.88. The molecule has 17 heavy (non-hydrogen) atoms. The third-order valence-electron chi connectivity index (χ3n) is 3.07. The number of unbranched alkanes of at least 4 members (excludes halogenated alkanes) is 1. The van der Waals surface area contributed by atoms with Crippen molar-refractivity contribution in [1.82, 2.24) is 10.6 Å². The maximum atomic E-state index is 11.1. The average molecular weight is 286 g/mol. The topological polar surface area (TPSA) is 78.4 Å². The second-order valence-electron chi connectivity index (χ2n) is 4.26. The van der Waals surface area contributed by atoms with Crippen LogP contribution in [0.2, 0.25) is 0 Å². The number of carbonyl (C=O) groups excluding carboxylic acids is 1. The van der Waals surface area contributed by atoms with Crippen molar-refractivity contribution in [2.45, 2.75) is 43.0 Å². The molecule has 2 aliphatic heterocycles. The van der Waals surface area contributed by atoms with E-state index in [-0.39, 0.29) is 62.3 Å². The molecule has 0 unspecified atom stereocenters. The number of carbonyl (C=O) groups is 2. The van der Waals surface area contributed by atoms with E-state index in [4.69, 9.17) is 5.11 Å². The number of carboxylic acids is 1. The number of amides is 2. The van der Waals surface area contributed by atoms with Gasteiger partial charge < -0.3 is 15.7 Å². The first-order chi connectivity index (χ1) is 7.66. The molecule has 0 aromatic carbocycles. The van der Waals surface area contributed by atoms with Crippen LogP contribution in [0.4, 0.5) is 4.79 Å². The van der Waals surface area contributed by atoms with Gasteiger partial charge in [-0.15, -0.1) is 0 Å². The molecular weight excluding hydrogens is 268 g/mol. The van der Waals surface area contributed by atoms with Gasteiger partial charge in [-0.2, -0.15) is 11.8 Å². The second-order valence-corrected chi connectivity index (χ2v) is 5.53. The predicted molar refractivity (Wildman–Crippen MR) is 70.1 cm³/mol. The molecule has 3 N–H and O–H groups in total. The van der Waals surface area contributed by atoms with E-state index in [9.17, 15) is 9.59 Å². The number of hydrogen-bond acceptors (Lipinski definition) is 3. The van der Waals surface area contributed by atoms with Crippen molar-refractivity contribution >= 4 is 61.5 Å². The molecule has 2 heterocycles. The zero-order valence-electron chi connectivity index (χ0n) is 8.94. The number of hydrogen-bond donors (Lipinski definition) is 3. The van der Waals surface area contributed by atoms with E-state index in [2.05, 4.69) is 10.6 Å². The summed E-state index contributed by atoms with van der Waals surface area (Å²) >= 11 is 1.87. The van der Waals surface area contributed by atoms with Crippen LogP contribution >= 0.6 is 11.8 Å². The number of aliphatic carboxylic acids is 1. The van der Waals surface area contributed by atoms with Crippen LogP contribution < -0.4 is 10.6 Å². The molecule has 7 heteroatoms. The van der Waals surface area contributed by atoms with Gasteiger partial charge in [-0.3, -0.25) is 4.79 Å². The number of nitrogens with one attached hydrogen (secondary N) is 2. The van der Waals surface area contributed by atoms with E-state index >= 15 is 0 Å². The molecule has 0 aromatic rings. The van der Waals surface area contributed by atoms with Crippen LogP contribution in [0.1, 0.15) is 25.7 Å². The molecule has 0 aromatic heterocycles. The summed E-state index contributed by atoms with van der Waals surface area (Å²) < 4.78 is 0. The zero-order chi connectivity index (χ0) is 11.5. The molecular formula is C10H18CaN2O3S. The molecule has 0 aliphatic carbocycles. The van der Waals surface area contributed by atoms with Crippen molar-refractivity contribution in [2.24, 2.45) is 0 Å². The van der Waals surface area contributed by atoms with Gasteiger partial charge in [-0.25, -0.2) is 4.79 Å². The predicted octanol–water partition coefficient (Wildman–Crippen LogP) is -0.119. The van der Waals surface area contributed by atoms with Gasteiger partial charge in [-0.05, 0) is 12.8 Å². The van der Waals surface area contributed by atoms with Gasteiger partial charge in [0.05, 0.1) is 12.1 Å². The Bertz CT molecular complexity index is 303. The summed E-state index contributed by atoms with van der Waals surface area (Å²) in [5.41, 5.74) is 0. The fourth-order valence-electron chi connectivity index (χ4n) is 2.26. The molecule has 0 spiro atoms. The first-order valence-electron chi connectivity index (χ1n) is 5.57. The van der Waals surface area contributed by atoms with Gasteiger partial charge >= 0.3 is 49.7 Å². The molecule has 0 bridgehead atoms. The summed E-state index contributed by atoms with van der Waals surface area (Å²) in [6.45, 7) is 0. The van der Waals surface area contributed by atoms with Crippen LogP contribution in [0.3, 0.4) is 0 Å². The molecule has 94 valence electrons. The third-order valence-corrected chi connectivity index (χ3v) is 4.58. The van der Waals surface area contributed by atoms with Crippen LogP contribution in [0, 0.1) is 0 Å². The van der Waals surface area contributed by atoms with Crippen molar-refractivity contribution < 1.29 is 14.7 Å². The molecule has 2 amide bonds. The number of urea groups is 1. The van der Waals surface area contributed by atoms with Gasteiger partial charge in [0, 0.05) is 17.4 Å².